The molecule has 19 heavy (non-hydrogen) atoms. The van der Waals surface area contributed by atoms with E-state index in [0.29, 0.717) is 23.3 Å². The smallest absolute Gasteiger partial charge is 0.310 e. The third kappa shape index (κ3) is 1.98. The van der Waals surface area contributed by atoms with Crippen LogP contribution in [-0.2, 0) is 11.2 Å². The van der Waals surface area contributed by atoms with Crippen molar-refractivity contribution >= 4 is 23.1 Å². The SMILES string of the molecule is O=C(c1cccs1)c1cccc2c1CCC2C(=O)O. The minimum absolute atomic E-state index is 0.00195. The van der Waals surface area contributed by atoms with Gasteiger partial charge in [-0.1, -0.05) is 24.3 Å². The number of thiophene rings is 1. The largest absolute Gasteiger partial charge is 0.481 e. The second kappa shape index (κ2) is 4.63. The van der Waals surface area contributed by atoms with E-state index in [2.05, 4.69) is 0 Å². The summed E-state index contributed by atoms with van der Waals surface area (Å²) in [6, 6.07) is 9.05. The van der Waals surface area contributed by atoms with Crippen molar-refractivity contribution in [1.82, 2.24) is 0 Å². The molecule has 1 atom stereocenters. The maximum absolute atomic E-state index is 12.4. The van der Waals surface area contributed by atoms with Crippen molar-refractivity contribution in [2.45, 2.75) is 18.8 Å². The Bertz CT molecular complexity index is 643. The molecule has 0 spiro atoms. The van der Waals surface area contributed by atoms with Gasteiger partial charge in [-0.25, -0.2) is 0 Å². The molecule has 4 heteroatoms. The van der Waals surface area contributed by atoms with Crippen LogP contribution >= 0.6 is 11.3 Å². The zero-order valence-corrected chi connectivity index (χ0v) is 10.9. The zero-order chi connectivity index (χ0) is 13.4. The monoisotopic (exact) mass is 272 g/mol. The summed E-state index contributed by atoms with van der Waals surface area (Å²) in [5.41, 5.74) is 2.37. The Morgan fingerprint density at radius 1 is 1.21 bits per heavy atom. The second-order valence-electron chi connectivity index (χ2n) is 4.61. The van der Waals surface area contributed by atoms with Gasteiger partial charge in [0.2, 0.25) is 5.78 Å². The molecule has 96 valence electrons. The van der Waals surface area contributed by atoms with Gasteiger partial charge in [0, 0.05) is 5.56 Å². The van der Waals surface area contributed by atoms with E-state index >= 15 is 0 Å². The Hall–Kier alpha value is -1.94. The Morgan fingerprint density at radius 3 is 2.74 bits per heavy atom. The molecule has 1 aliphatic carbocycles. The highest BCUT2D eigenvalue weighted by Crippen LogP contribution is 2.36. The number of rotatable bonds is 3. The minimum atomic E-state index is -0.806. The van der Waals surface area contributed by atoms with Crippen LogP contribution in [0.3, 0.4) is 0 Å². The van der Waals surface area contributed by atoms with E-state index in [4.69, 9.17) is 0 Å². The molecule has 0 radical (unpaired) electrons. The van der Waals surface area contributed by atoms with E-state index in [1.165, 1.54) is 11.3 Å². The topological polar surface area (TPSA) is 54.4 Å². The van der Waals surface area contributed by atoms with Crippen molar-refractivity contribution < 1.29 is 14.7 Å². The van der Waals surface area contributed by atoms with Gasteiger partial charge in [-0.05, 0) is 35.4 Å². The van der Waals surface area contributed by atoms with Crippen molar-refractivity contribution in [3.05, 3.63) is 57.3 Å². The van der Waals surface area contributed by atoms with Crippen molar-refractivity contribution in [3.8, 4) is 0 Å². The molecule has 1 aliphatic rings. The molecular formula is C15H12O3S. The van der Waals surface area contributed by atoms with Gasteiger partial charge in [-0.2, -0.15) is 0 Å². The number of hydrogen-bond donors (Lipinski definition) is 1. The van der Waals surface area contributed by atoms with Gasteiger partial charge in [0.15, 0.2) is 0 Å². The first-order valence-electron chi connectivity index (χ1n) is 6.11. The van der Waals surface area contributed by atoms with Gasteiger partial charge >= 0.3 is 5.97 Å². The molecule has 0 bridgehead atoms. The molecule has 0 amide bonds. The molecule has 0 fully saturated rings. The van der Waals surface area contributed by atoms with Gasteiger partial charge in [-0.15, -0.1) is 11.3 Å². The van der Waals surface area contributed by atoms with Crippen LogP contribution in [0.25, 0.3) is 0 Å². The van der Waals surface area contributed by atoms with Gasteiger partial charge < -0.3 is 5.11 Å². The summed E-state index contributed by atoms with van der Waals surface area (Å²) in [5, 5.41) is 11.1. The van der Waals surface area contributed by atoms with Crippen molar-refractivity contribution in [3.63, 3.8) is 0 Å². The average molecular weight is 272 g/mol. The van der Waals surface area contributed by atoms with Gasteiger partial charge in [-0.3, -0.25) is 9.59 Å². The van der Waals surface area contributed by atoms with Crippen LogP contribution in [0.5, 0.6) is 0 Å². The predicted octanol–water partition coefficient (Wildman–Crippen LogP) is 3.09. The first-order valence-corrected chi connectivity index (χ1v) is 6.99. The number of ketones is 1. The highest BCUT2D eigenvalue weighted by molar-refractivity contribution is 7.12. The summed E-state index contributed by atoms with van der Waals surface area (Å²) in [7, 11) is 0. The highest BCUT2D eigenvalue weighted by Gasteiger charge is 2.31. The number of carboxylic acid groups (broad SMARTS) is 1. The molecular weight excluding hydrogens is 260 g/mol. The van der Waals surface area contributed by atoms with Gasteiger partial charge in [0.1, 0.15) is 0 Å². The molecule has 1 heterocycles. The van der Waals surface area contributed by atoms with Crippen LogP contribution in [0.2, 0.25) is 0 Å². The zero-order valence-electron chi connectivity index (χ0n) is 10.1. The summed E-state index contributed by atoms with van der Waals surface area (Å²) in [5.74, 6) is -1.27. The normalized spacial score (nSPS) is 17.2. The third-order valence-electron chi connectivity index (χ3n) is 3.56. The Labute approximate surface area is 114 Å². The number of carbonyl (C=O) groups excluding carboxylic acids is 1. The number of fused-ring (bicyclic) bond motifs is 1. The standard InChI is InChI=1S/C15H12O3S/c16-14(13-5-2-8-19-13)11-4-1-3-9-10(11)6-7-12(9)15(17)18/h1-5,8,12H,6-7H2,(H,17,18). The van der Waals surface area contributed by atoms with Crippen LogP contribution < -0.4 is 0 Å². The van der Waals surface area contributed by atoms with E-state index in [9.17, 15) is 14.7 Å². The lowest BCUT2D eigenvalue weighted by Gasteiger charge is -2.08. The van der Waals surface area contributed by atoms with Crippen molar-refractivity contribution in [2.24, 2.45) is 0 Å². The molecule has 1 aromatic heterocycles. The molecule has 1 aromatic carbocycles. The number of hydrogen-bond acceptors (Lipinski definition) is 3. The Kier molecular flexibility index (Phi) is 2.95. The fourth-order valence-electron chi connectivity index (χ4n) is 2.66. The van der Waals surface area contributed by atoms with E-state index in [1.807, 2.05) is 17.5 Å². The Morgan fingerprint density at radius 2 is 2.05 bits per heavy atom. The molecule has 2 aromatic rings. The van der Waals surface area contributed by atoms with Crippen molar-refractivity contribution in [1.29, 1.82) is 0 Å². The van der Waals surface area contributed by atoms with E-state index in [0.717, 1.165) is 11.1 Å². The molecule has 3 nitrogen and oxygen atoms in total. The lowest BCUT2D eigenvalue weighted by Crippen LogP contribution is -2.08. The molecule has 1 N–H and O–H groups in total. The van der Waals surface area contributed by atoms with Crippen LogP contribution in [-0.4, -0.2) is 16.9 Å². The summed E-state index contributed by atoms with van der Waals surface area (Å²) >= 11 is 1.41. The molecule has 0 saturated heterocycles. The van der Waals surface area contributed by atoms with Crippen LogP contribution in [0, 0.1) is 0 Å². The maximum atomic E-state index is 12.4. The first kappa shape index (κ1) is 12.1. The van der Waals surface area contributed by atoms with E-state index in [-0.39, 0.29) is 5.78 Å². The van der Waals surface area contributed by atoms with Gasteiger partial charge in [0.05, 0.1) is 10.8 Å². The lowest BCUT2D eigenvalue weighted by atomic mass is 9.96. The first-order chi connectivity index (χ1) is 9.18. The minimum Gasteiger partial charge on any atom is -0.481 e. The molecule has 1 unspecified atom stereocenters. The van der Waals surface area contributed by atoms with E-state index < -0.39 is 11.9 Å². The second-order valence-corrected chi connectivity index (χ2v) is 5.56. The number of benzene rings is 1. The Balaban J connectivity index is 2.06. The molecule has 0 saturated carbocycles. The maximum Gasteiger partial charge on any atom is 0.310 e. The van der Waals surface area contributed by atoms with Crippen LogP contribution in [0.1, 0.15) is 38.7 Å². The van der Waals surface area contributed by atoms with Crippen LogP contribution in [0.15, 0.2) is 35.7 Å². The summed E-state index contributed by atoms with van der Waals surface area (Å²) in [6.07, 6.45) is 1.25. The summed E-state index contributed by atoms with van der Waals surface area (Å²) < 4.78 is 0. The molecule has 3 rings (SSSR count). The molecule has 0 aliphatic heterocycles. The average Bonchev–Trinajstić information content (AvgIpc) is 3.06. The van der Waals surface area contributed by atoms with Gasteiger partial charge in [0.25, 0.3) is 0 Å². The summed E-state index contributed by atoms with van der Waals surface area (Å²) in [4.78, 5) is 24.3. The number of carbonyl (C=O) groups is 2. The highest BCUT2D eigenvalue weighted by atomic mass is 32.1. The summed E-state index contributed by atoms with van der Waals surface area (Å²) in [6.45, 7) is 0. The number of carboxylic acids is 1. The fourth-order valence-corrected chi connectivity index (χ4v) is 3.34. The van der Waals surface area contributed by atoms with E-state index in [1.54, 1.807) is 18.2 Å². The fraction of sp³-hybridized carbons (Fsp3) is 0.200. The van der Waals surface area contributed by atoms with Crippen molar-refractivity contribution in [2.75, 3.05) is 0 Å². The quantitative estimate of drug-likeness (QED) is 0.873. The lowest BCUT2D eigenvalue weighted by molar-refractivity contribution is -0.138. The van der Waals surface area contributed by atoms with Crippen LogP contribution in [0.4, 0.5) is 0 Å². The predicted molar refractivity (Wildman–Crippen MR) is 72.9 cm³/mol. The number of aliphatic carboxylic acids is 1. The third-order valence-corrected chi connectivity index (χ3v) is 4.43.